The van der Waals surface area contributed by atoms with E-state index in [0.717, 1.165) is 26.2 Å². The van der Waals surface area contributed by atoms with E-state index in [1.54, 1.807) is 12.1 Å². The van der Waals surface area contributed by atoms with Gasteiger partial charge in [-0.1, -0.05) is 43.7 Å². The molecule has 1 atom stereocenters. The first-order chi connectivity index (χ1) is 11.5. The molecule has 1 saturated heterocycles. The van der Waals surface area contributed by atoms with Crippen molar-refractivity contribution in [3.8, 4) is 0 Å². The Morgan fingerprint density at radius 1 is 1.21 bits per heavy atom. The molecule has 1 aliphatic heterocycles. The third-order valence-electron chi connectivity index (χ3n) is 4.31. The van der Waals surface area contributed by atoms with Crippen molar-refractivity contribution in [2.75, 3.05) is 26.2 Å². The molecular weight excluding hydrogens is 302 g/mol. The highest BCUT2D eigenvalue weighted by Crippen LogP contribution is 2.22. The largest absolute Gasteiger partial charge is 0.274 e. The fourth-order valence-corrected chi connectivity index (χ4v) is 3.06. The average Bonchev–Trinajstić information content (AvgIpc) is 3.02. The number of hydrazine groups is 1. The molecule has 24 heavy (non-hydrogen) atoms. The fraction of sp³-hybridized carbons (Fsp3) is 0.526. The molecule has 0 aromatic heterocycles. The highest BCUT2D eigenvalue weighted by atomic mass is 16.7. The van der Waals surface area contributed by atoms with E-state index in [9.17, 15) is 4.79 Å². The minimum absolute atomic E-state index is 0.131. The van der Waals surface area contributed by atoms with Gasteiger partial charge in [0.15, 0.2) is 0 Å². The Bertz CT molecular complexity index is 543. The summed E-state index contributed by atoms with van der Waals surface area (Å²) in [6.45, 7) is 12.3. The molecule has 1 N–H and O–H groups in total. The first-order valence-corrected chi connectivity index (χ1v) is 8.71. The normalized spacial score (nSPS) is 17.7. The SMILES string of the molecule is CCN1CC(C(C=C(C)C)ONC(=O)c2ccccc2)CN1CC. The lowest BCUT2D eigenvalue weighted by molar-refractivity contribution is -0.0162. The highest BCUT2D eigenvalue weighted by molar-refractivity contribution is 5.93. The van der Waals surface area contributed by atoms with Crippen LogP contribution in [-0.2, 0) is 4.84 Å². The van der Waals surface area contributed by atoms with E-state index in [1.807, 2.05) is 18.2 Å². The smallest absolute Gasteiger partial charge is 0.267 e. The maximum absolute atomic E-state index is 12.2. The molecule has 5 nitrogen and oxygen atoms in total. The number of carbonyl (C=O) groups excluding carboxylic acids is 1. The van der Waals surface area contributed by atoms with Gasteiger partial charge in [-0.15, -0.1) is 0 Å². The zero-order valence-electron chi connectivity index (χ0n) is 15.2. The first-order valence-electron chi connectivity index (χ1n) is 8.71. The molecule has 1 aromatic rings. The number of nitrogens with zero attached hydrogens (tertiary/aromatic N) is 2. The minimum Gasteiger partial charge on any atom is -0.267 e. The Hall–Kier alpha value is -1.69. The first kappa shape index (κ1) is 18.6. The second kappa shape index (κ2) is 8.97. The van der Waals surface area contributed by atoms with Crippen LogP contribution in [0.4, 0.5) is 0 Å². The number of hydrogen-bond acceptors (Lipinski definition) is 4. The molecule has 0 bridgehead atoms. The average molecular weight is 331 g/mol. The molecule has 132 valence electrons. The monoisotopic (exact) mass is 331 g/mol. The van der Waals surface area contributed by atoms with Crippen LogP contribution in [0.3, 0.4) is 0 Å². The summed E-state index contributed by atoms with van der Waals surface area (Å²) >= 11 is 0. The number of amides is 1. The molecule has 0 saturated carbocycles. The maximum atomic E-state index is 12.2. The number of nitrogens with one attached hydrogen (secondary N) is 1. The van der Waals surface area contributed by atoms with Gasteiger partial charge in [-0.05, 0) is 26.0 Å². The van der Waals surface area contributed by atoms with E-state index in [0.29, 0.717) is 11.5 Å². The van der Waals surface area contributed by atoms with Crippen LogP contribution >= 0.6 is 0 Å². The van der Waals surface area contributed by atoms with Crippen molar-refractivity contribution in [2.45, 2.75) is 33.8 Å². The molecule has 1 aromatic carbocycles. The van der Waals surface area contributed by atoms with Gasteiger partial charge >= 0.3 is 0 Å². The predicted molar refractivity (Wildman–Crippen MR) is 96.2 cm³/mol. The lowest BCUT2D eigenvalue weighted by atomic mass is 10.0. The number of benzene rings is 1. The van der Waals surface area contributed by atoms with Crippen molar-refractivity contribution in [3.63, 3.8) is 0 Å². The fourth-order valence-electron chi connectivity index (χ4n) is 3.06. The molecule has 1 fully saturated rings. The zero-order chi connectivity index (χ0) is 17.5. The van der Waals surface area contributed by atoms with Crippen molar-refractivity contribution >= 4 is 5.91 Å². The van der Waals surface area contributed by atoms with Crippen LogP contribution < -0.4 is 5.48 Å². The molecule has 1 amide bonds. The third kappa shape index (κ3) is 4.90. The van der Waals surface area contributed by atoms with E-state index >= 15 is 0 Å². The summed E-state index contributed by atoms with van der Waals surface area (Å²) in [5.41, 5.74) is 4.42. The van der Waals surface area contributed by atoms with Gasteiger partial charge in [0.25, 0.3) is 5.91 Å². The quantitative estimate of drug-likeness (QED) is 0.616. The number of carbonyl (C=O) groups is 1. The van der Waals surface area contributed by atoms with Gasteiger partial charge in [-0.25, -0.2) is 15.5 Å². The van der Waals surface area contributed by atoms with Gasteiger partial charge in [-0.3, -0.25) is 9.63 Å². The van der Waals surface area contributed by atoms with Crippen LogP contribution in [0.5, 0.6) is 0 Å². The van der Waals surface area contributed by atoms with Crippen molar-refractivity contribution in [1.82, 2.24) is 15.5 Å². The van der Waals surface area contributed by atoms with E-state index < -0.39 is 0 Å². The van der Waals surface area contributed by atoms with E-state index in [2.05, 4.69) is 49.3 Å². The molecule has 5 heteroatoms. The Morgan fingerprint density at radius 3 is 2.29 bits per heavy atom. The molecule has 0 radical (unpaired) electrons. The van der Waals surface area contributed by atoms with Crippen LogP contribution in [0, 0.1) is 5.92 Å². The molecule has 1 aliphatic rings. The minimum atomic E-state index is -0.208. The Balaban J connectivity index is 2.01. The summed E-state index contributed by atoms with van der Waals surface area (Å²) in [4.78, 5) is 18.0. The van der Waals surface area contributed by atoms with Crippen molar-refractivity contribution < 1.29 is 9.63 Å². The number of hydroxylamine groups is 1. The summed E-state index contributed by atoms with van der Waals surface area (Å²) in [6, 6.07) is 9.14. The molecule has 2 rings (SSSR count). The summed E-state index contributed by atoms with van der Waals surface area (Å²) < 4.78 is 0. The third-order valence-corrected chi connectivity index (χ3v) is 4.31. The second-order valence-electron chi connectivity index (χ2n) is 6.39. The summed E-state index contributed by atoms with van der Waals surface area (Å²) in [5, 5.41) is 4.69. The Kier molecular flexibility index (Phi) is 6.97. The molecule has 0 aliphatic carbocycles. The van der Waals surface area contributed by atoms with Crippen LogP contribution in [0.2, 0.25) is 0 Å². The van der Waals surface area contributed by atoms with Crippen molar-refractivity contribution in [3.05, 3.63) is 47.5 Å². The van der Waals surface area contributed by atoms with Gasteiger partial charge in [-0.2, -0.15) is 0 Å². The maximum Gasteiger partial charge on any atom is 0.274 e. The second-order valence-corrected chi connectivity index (χ2v) is 6.39. The highest BCUT2D eigenvalue weighted by Gasteiger charge is 2.33. The Labute approximate surface area is 145 Å². The van der Waals surface area contributed by atoms with Gasteiger partial charge < -0.3 is 0 Å². The van der Waals surface area contributed by atoms with E-state index in [4.69, 9.17) is 4.84 Å². The lowest BCUT2D eigenvalue weighted by Crippen LogP contribution is -2.35. The van der Waals surface area contributed by atoms with Crippen LogP contribution in [0.1, 0.15) is 38.1 Å². The van der Waals surface area contributed by atoms with Crippen LogP contribution in [0.15, 0.2) is 42.0 Å². The van der Waals surface area contributed by atoms with Gasteiger partial charge in [0.1, 0.15) is 6.10 Å². The predicted octanol–water partition coefficient (Wildman–Crippen LogP) is 2.87. The summed E-state index contributed by atoms with van der Waals surface area (Å²) in [5.74, 6) is 0.122. The number of rotatable bonds is 7. The molecule has 1 heterocycles. The van der Waals surface area contributed by atoms with Crippen molar-refractivity contribution in [2.24, 2.45) is 5.92 Å². The number of hydrogen-bond donors (Lipinski definition) is 1. The standard InChI is InChI=1S/C19H29N3O2/c1-5-21-13-17(14-22(21)6-2)18(12-15(3)4)24-20-19(23)16-10-8-7-9-11-16/h7-12,17-18H,5-6,13-14H2,1-4H3,(H,20,23). The topological polar surface area (TPSA) is 44.8 Å². The van der Waals surface area contributed by atoms with E-state index in [1.165, 1.54) is 5.57 Å². The van der Waals surface area contributed by atoms with Gasteiger partial charge in [0.05, 0.1) is 0 Å². The van der Waals surface area contributed by atoms with E-state index in [-0.39, 0.29) is 12.0 Å². The lowest BCUT2D eigenvalue weighted by Gasteiger charge is -2.24. The molecule has 1 unspecified atom stereocenters. The van der Waals surface area contributed by atoms with Crippen LogP contribution in [-0.4, -0.2) is 48.2 Å². The van der Waals surface area contributed by atoms with Crippen LogP contribution in [0.25, 0.3) is 0 Å². The Morgan fingerprint density at radius 2 is 1.79 bits per heavy atom. The van der Waals surface area contributed by atoms with Crippen molar-refractivity contribution in [1.29, 1.82) is 0 Å². The summed E-state index contributed by atoms with van der Waals surface area (Å²) in [6.07, 6.45) is 1.97. The molecule has 0 spiro atoms. The zero-order valence-corrected chi connectivity index (χ0v) is 15.2. The number of allylic oxidation sites excluding steroid dienone is 1. The molecular formula is C19H29N3O2. The van der Waals surface area contributed by atoms with Gasteiger partial charge in [0.2, 0.25) is 0 Å². The summed E-state index contributed by atoms with van der Waals surface area (Å²) in [7, 11) is 0. The van der Waals surface area contributed by atoms with Gasteiger partial charge in [0, 0.05) is 37.7 Å².